The fourth-order valence-electron chi connectivity index (χ4n) is 1.35. The molecule has 6 nitrogen and oxygen atoms in total. The van der Waals surface area contributed by atoms with Gasteiger partial charge in [0.15, 0.2) is 6.61 Å². The summed E-state index contributed by atoms with van der Waals surface area (Å²) in [4.78, 5) is 22.5. The molecule has 1 amide bonds. The molecule has 0 atom stereocenters. The van der Waals surface area contributed by atoms with Crippen LogP contribution in [-0.2, 0) is 14.3 Å². The molecule has 0 fully saturated rings. The second-order valence-electron chi connectivity index (χ2n) is 3.83. The lowest BCUT2D eigenvalue weighted by Crippen LogP contribution is -2.14. The van der Waals surface area contributed by atoms with E-state index in [0.717, 1.165) is 0 Å². The molecule has 19 heavy (non-hydrogen) atoms. The van der Waals surface area contributed by atoms with Gasteiger partial charge in [0.25, 0.3) is 0 Å². The smallest absolute Gasteiger partial charge is 0.343 e. The number of esters is 1. The molecule has 0 saturated heterocycles. The van der Waals surface area contributed by atoms with E-state index in [1.54, 1.807) is 24.3 Å². The molecule has 3 N–H and O–H groups in total. The zero-order valence-corrected chi connectivity index (χ0v) is 10.8. The number of hydrogen-bond acceptors (Lipinski definition) is 5. The first kappa shape index (κ1) is 15.0. The van der Waals surface area contributed by atoms with Crippen molar-refractivity contribution in [3.05, 3.63) is 24.3 Å². The number of carbonyl (C=O) groups excluding carboxylic acids is 2. The molecule has 6 heteroatoms. The van der Waals surface area contributed by atoms with Crippen molar-refractivity contribution >= 4 is 17.6 Å². The van der Waals surface area contributed by atoms with Crippen LogP contribution in [0.1, 0.15) is 12.8 Å². The number of ether oxygens (including phenoxy) is 2. The fourth-order valence-corrected chi connectivity index (χ4v) is 1.35. The molecule has 1 aromatic carbocycles. The van der Waals surface area contributed by atoms with Gasteiger partial charge in [-0.3, -0.25) is 4.79 Å². The molecule has 104 valence electrons. The minimum absolute atomic E-state index is 0.101. The molecule has 0 radical (unpaired) electrons. The summed E-state index contributed by atoms with van der Waals surface area (Å²) in [7, 11) is 1.29. The second-order valence-corrected chi connectivity index (χ2v) is 3.83. The Morgan fingerprint density at radius 3 is 2.84 bits per heavy atom. The van der Waals surface area contributed by atoms with Gasteiger partial charge in [0.2, 0.25) is 5.91 Å². The summed E-state index contributed by atoms with van der Waals surface area (Å²) < 4.78 is 9.68. The van der Waals surface area contributed by atoms with Gasteiger partial charge in [0, 0.05) is 18.2 Å². The second kappa shape index (κ2) is 8.10. The number of carbonyl (C=O) groups is 2. The van der Waals surface area contributed by atoms with Gasteiger partial charge in [-0.1, -0.05) is 6.07 Å². The van der Waals surface area contributed by atoms with Crippen molar-refractivity contribution in [1.82, 2.24) is 0 Å². The highest BCUT2D eigenvalue weighted by atomic mass is 16.6. The average Bonchev–Trinajstić information content (AvgIpc) is 2.43. The summed E-state index contributed by atoms with van der Waals surface area (Å²) in [5, 5.41) is 2.73. The average molecular weight is 266 g/mol. The maximum absolute atomic E-state index is 11.5. The highest BCUT2D eigenvalue weighted by Crippen LogP contribution is 2.17. The Hall–Kier alpha value is -2.08. The van der Waals surface area contributed by atoms with Crippen LogP contribution in [0, 0.1) is 0 Å². The Balaban J connectivity index is 2.51. The van der Waals surface area contributed by atoms with E-state index in [2.05, 4.69) is 10.1 Å². The van der Waals surface area contributed by atoms with Gasteiger partial charge in [0.1, 0.15) is 5.75 Å². The number of anilines is 1. The van der Waals surface area contributed by atoms with Gasteiger partial charge in [-0.2, -0.15) is 0 Å². The SMILES string of the molecule is COC(=O)COc1cccc(NC(=O)CCCN)c1. The molecule has 0 bridgehead atoms. The van der Waals surface area contributed by atoms with Crippen molar-refractivity contribution in [3.63, 3.8) is 0 Å². The minimum Gasteiger partial charge on any atom is -0.482 e. The molecule has 0 heterocycles. The molecule has 1 rings (SSSR count). The minimum atomic E-state index is -0.461. The molecule has 0 unspecified atom stereocenters. The summed E-state index contributed by atoms with van der Waals surface area (Å²) in [6.07, 6.45) is 1.02. The Kier molecular flexibility index (Phi) is 6.38. The molecule has 0 aromatic heterocycles. The van der Waals surface area contributed by atoms with Gasteiger partial charge >= 0.3 is 5.97 Å². The number of methoxy groups -OCH3 is 1. The van der Waals surface area contributed by atoms with E-state index in [4.69, 9.17) is 10.5 Å². The fraction of sp³-hybridized carbons (Fsp3) is 0.385. The highest BCUT2D eigenvalue weighted by Gasteiger charge is 2.05. The summed E-state index contributed by atoms with van der Waals surface area (Å²) in [5.74, 6) is -0.0741. The zero-order chi connectivity index (χ0) is 14.1. The lowest BCUT2D eigenvalue weighted by atomic mass is 10.2. The molecule has 0 aliphatic rings. The predicted molar refractivity (Wildman–Crippen MR) is 70.9 cm³/mol. The normalized spacial score (nSPS) is 9.79. The number of rotatable bonds is 7. The van der Waals surface area contributed by atoms with E-state index >= 15 is 0 Å². The molecule has 0 spiro atoms. The van der Waals surface area contributed by atoms with E-state index < -0.39 is 5.97 Å². The molecular formula is C13H18N2O4. The quantitative estimate of drug-likeness (QED) is 0.716. The van der Waals surface area contributed by atoms with Crippen LogP contribution in [0.3, 0.4) is 0 Å². The Morgan fingerprint density at radius 1 is 1.37 bits per heavy atom. The molecule has 1 aromatic rings. The number of hydrogen-bond donors (Lipinski definition) is 2. The lowest BCUT2D eigenvalue weighted by Gasteiger charge is -2.08. The van der Waals surface area contributed by atoms with Crippen LogP contribution < -0.4 is 15.8 Å². The van der Waals surface area contributed by atoms with Gasteiger partial charge in [-0.25, -0.2) is 4.79 Å². The number of nitrogens with one attached hydrogen (secondary N) is 1. The van der Waals surface area contributed by atoms with Crippen LogP contribution in [-0.4, -0.2) is 32.1 Å². The first-order valence-electron chi connectivity index (χ1n) is 5.95. The Bertz CT molecular complexity index is 434. The first-order chi connectivity index (χ1) is 9.15. The van der Waals surface area contributed by atoms with Crippen molar-refractivity contribution in [2.45, 2.75) is 12.8 Å². The van der Waals surface area contributed by atoms with Crippen molar-refractivity contribution in [3.8, 4) is 5.75 Å². The van der Waals surface area contributed by atoms with Crippen LogP contribution in [0.4, 0.5) is 5.69 Å². The number of amides is 1. The van der Waals surface area contributed by atoms with Crippen molar-refractivity contribution in [2.24, 2.45) is 5.73 Å². The molecule has 0 aliphatic heterocycles. The van der Waals surface area contributed by atoms with E-state index in [0.29, 0.717) is 30.8 Å². The third-order valence-corrected chi connectivity index (χ3v) is 2.31. The Labute approximate surface area is 111 Å². The summed E-state index contributed by atoms with van der Waals surface area (Å²) in [6, 6.07) is 6.80. The third-order valence-electron chi connectivity index (χ3n) is 2.31. The van der Waals surface area contributed by atoms with Crippen molar-refractivity contribution in [2.75, 3.05) is 25.6 Å². The summed E-state index contributed by atoms with van der Waals surface area (Å²) in [6.45, 7) is 0.316. The van der Waals surface area contributed by atoms with Gasteiger partial charge < -0.3 is 20.5 Å². The highest BCUT2D eigenvalue weighted by molar-refractivity contribution is 5.90. The number of benzene rings is 1. The van der Waals surface area contributed by atoms with E-state index in [1.165, 1.54) is 7.11 Å². The van der Waals surface area contributed by atoms with Crippen molar-refractivity contribution < 1.29 is 19.1 Å². The lowest BCUT2D eigenvalue weighted by molar-refractivity contribution is -0.142. The number of nitrogens with two attached hydrogens (primary N) is 1. The topological polar surface area (TPSA) is 90.6 Å². The molecular weight excluding hydrogens is 248 g/mol. The monoisotopic (exact) mass is 266 g/mol. The summed E-state index contributed by atoms with van der Waals surface area (Å²) in [5.41, 5.74) is 5.95. The van der Waals surface area contributed by atoms with Gasteiger partial charge in [-0.05, 0) is 25.1 Å². The van der Waals surface area contributed by atoms with Crippen LogP contribution in [0.25, 0.3) is 0 Å². The summed E-state index contributed by atoms with van der Waals surface area (Å²) >= 11 is 0. The predicted octanol–water partition coefficient (Wildman–Crippen LogP) is 0.916. The van der Waals surface area contributed by atoms with E-state index in [9.17, 15) is 9.59 Å². The van der Waals surface area contributed by atoms with Crippen LogP contribution >= 0.6 is 0 Å². The third kappa shape index (κ3) is 5.87. The molecule has 0 saturated carbocycles. The van der Waals surface area contributed by atoms with Crippen LogP contribution in [0.5, 0.6) is 5.75 Å². The molecule has 0 aliphatic carbocycles. The van der Waals surface area contributed by atoms with Gasteiger partial charge in [0.05, 0.1) is 7.11 Å². The van der Waals surface area contributed by atoms with Gasteiger partial charge in [-0.15, -0.1) is 0 Å². The largest absolute Gasteiger partial charge is 0.482 e. The van der Waals surface area contributed by atoms with E-state index in [1.807, 2.05) is 0 Å². The maximum Gasteiger partial charge on any atom is 0.343 e. The maximum atomic E-state index is 11.5. The Morgan fingerprint density at radius 2 is 2.16 bits per heavy atom. The van der Waals surface area contributed by atoms with Crippen LogP contribution in [0.15, 0.2) is 24.3 Å². The van der Waals surface area contributed by atoms with Crippen LogP contribution in [0.2, 0.25) is 0 Å². The zero-order valence-electron chi connectivity index (χ0n) is 10.8. The van der Waals surface area contributed by atoms with Crippen molar-refractivity contribution in [1.29, 1.82) is 0 Å². The first-order valence-corrected chi connectivity index (χ1v) is 5.95. The standard InChI is InChI=1S/C13H18N2O4/c1-18-13(17)9-19-11-5-2-4-10(8-11)15-12(16)6-3-7-14/h2,4-5,8H,3,6-7,9,14H2,1H3,(H,15,16). The van der Waals surface area contributed by atoms with E-state index in [-0.39, 0.29) is 12.5 Å².